The van der Waals surface area contributed by atoms with Gasteiger partial charge in [-0.05, 0) is 48.9 Å². The molecule has 2 aromatic rings. The van der Waals surface area contributed by atoms with Crippen LogP contribution >= 0.6 is 27.3 Å². The molecule has 1 aromatic heterocycles. The molecule has 2 rings (SSSR count). The van der Waals surface area contributed by atoms with E-state index in [1.165, 1.54) is 15.3 Å². The van der Waals surface area contributed by atoms with Crippen molar-refractivity contribution in [2.75, 3.05) is 6.54 Å². The molecule has 0 fully saturated rings. The minimum absolute atomic E-state index is 0.646. The van der Waals surface area contributed by atoms with Crippen LogP contribution in [0.15, 0.2) is 34.8 Å². The Bertz CT molecular complexity index is 553. The molecule has 4 heteroatoms. The van der Waals surface area contributed by atoms with E-state index in [1.807, 2.05) is 23.5 Å². The molecule has 1 heterocycles. The SMILES string of the molecule is CCNCc1cc(OCc2ccc(CC)s2)ccc1Br. The molecule has 0 aliphatic rings. The molecule has 0 saturated heterocycles. The van der Waals surface area contributed by atoms with Crippen LogP contribution < -0.4 is 10.1 Å². The van der Waals surface area contributed by atoms with Crippen LogP contribution in [0.25, 0.3) is 0 Å². The van der Waals surface area contributed by atoms with Crippen molar-refractivity contribution in [1.29, 1.82) is 0 Å². The highest BCUT2D eigenvalue weighted by Crippen LogP contribution is 2.24. The summed E-state index contributed by atoms with van der Waals surface area (Å²) in [5.41, 5.74) is 1.23. The average Bonchev–Trinajstić information content (AvgIpc) is 2.93. The van der Waals surface area contributed by atoms with Gasteiger partial charge < -0.3 is 10.1 Å². The molecule has 0 aliphatic carbocycles. The van der Waals surface area contributed by atoms with Gasteiger partial charge in [-0.3, -0.25) is 0 Å². The van der Waals surface area contributed by atoms with Crippen molar-refractivity contribution in [2.24, 2.45) is 0 Å². The number of hydrogen-bond acceptors (Lipinski definition) is 3. The van der Waals surface area contributed by atoms with Crippen LogP contribution in [-0.4, -0.2) is 6.54 Å². The second kappa shape index (κ2) is 7.81. The fourth-order valence-corrected chi connectivity index (χ4v) is 3.14. The summed E-state index contributed by atoms with van der Waals surface area (Å²) in [5, 5.41) is 3.33. The third kappa shape index (κ3) is 4.33. The minimum atomic E-state index is 0.646. The molecule has 0 bridgehead atoms. The maximum absolute atomic E-state index is 5.89. The number of benzene rings is 1. The molecule has 0 spiro atoms. The maximum Gasteiger partial charge on any atom is 0.122 e. The Kier molecular flexibility index (Phi) is 6.07. The molecule has 0 radical (unpaired) electrons. The molecule has 0 amide bonds. The minimum Gasteiger partial charge on any atom is -0.488 e. The number of ether oxygens (including phenoxy) is 1. The molecular weight excluding hydrogens is 334 g/mol. The van der Waals surface area contributed by atoms with E-state index in [2.05, 4.69) is 53.3 Å². The zero-order valence-corrected chi connectivity index (χ0v) is 14.3. The van der Waals surface area contributed by atoms with Gasteiger partial charge in [-0.15, -0.1) is 11.3 Å². The van der Waals surface area contributed by atoms with Crippen molar-refractivity contribution in [3.63, 3.8) is 0 Å². The topological polar surface area (TPSA) is 21.3 Å². The fourth-order valence-electron chi connectivity index (χ4n) is 1.88. The highest BCUT2D eigenvalue weighted by Gasteiger charge is 2.04. The normalized spacial score (nSPS) is 10.8. The van der Waals surface area contributed by atoms with Gasteiger partial charge >= 0.3 is 0 Å². The monoisotopic (exact) mass is 353 g/mol. The van der Waals surface area contributed by atoms with E-state index in [0.29, 0.717) is 6.61 Å². The highest BCUT2D eigenvalue weighted by molar-refractivity contribution is 9.10. The first-order valence-electron chi connectivity index (χ1n) is 6.92. The van der Waals surface area contributed by atoms with Gasteiger partial charge in [0.15, 0.2) is 0 Å². The van der Waals surface area contributed by atoms with E-state index in [0.717, 1.165) is 29.7 Å². The summed E-state index contributed by atoms with van der Waals surface area (Å²) < 4.78 is 7.01. The van der Waals surface area contributed by atoms with Crippen molar-refractivity contribution in [2.45, 2.75) is 33.4 Å². The van der Waals surface area contributed by atoms with Crippen molar-refractivity contribution >= 4 is 27.3 Å². The molecule has 0 unspecified atom stereocenters. The molecule has 1 N–H and O–H groups in total. The largest absolute Gasteiger partial charge is 0.488 e. The lowest BCUT2D eigenvalue weighted by atomic mass is 10.2. The number of thiophene rings is 1. The van der Waals surface area contributed by atoms with Gasteiger partial charge in [0.1, 0.15) is 12.4 Å². The van der Waals surface area contributed by atoms with Crippen LogP contribution in [0.5, 0.6) is 5.75 Å². The maximum atomic E-state index is 5.89. The molecule has 0 aliphatic heterocycles. The molecule has 0 atom stereocenters. The number of hydrogen-bond donors (Lipinski definition) is 1. The van der Waals surface area contributed by atoms with Gasteiger partial charge in [0, 0.05) is 20.8 Å². The lowest BCUT2D eigenvalue weighted by Crippen LogP contribution is -2.12. The van der Waals surface area contributed by atoms with Crippen molar-refractivity contribution in [3.05, 3.63) is 50.1 Å². The molecule has 108 valence electrons. The van der Waals surface area contributed by atoms with E-state index in [4.69, 9.17) is 4.74 Å². The molecule has 0 saturated carbocycles. The predicted octanol–water partition coefficient (Wildman–Crippen LogP) is 4.76. The van der Waals surface area contributed by atoms with Crippen LogP contribution in [0.1, 0.15) is 29.2 Å². The summed E-state index contributed by atoms with van der Waals surface area (Å²) in [6.45, 7) is 6.75. The Morgan fingerprint density at radius 3 is 2.65 bits per heavy atom. The quantitative estimate of drug-likeness (QED) is 0.774. The predicted molar refractivity (Wildman–Crippen MR) is 89.6 cm³/mol. The Balaban J connectivity index is 1.98. The second-order valence-electron chi connectivity index (χ2n) is 4.54. The summed E-state index contributed by atoms with van der Waals surface area (Å²) in [4.78, 5) is 2.69. The van der Waals surface area contributed by atoms with Gasteiger partial charge in [0.2, 0.25) is 0 Å². The first-order valence-corrected chi connectivity index (χ1v) is 8.53. The van der Waals surface area contributed by atoms with Gasteiger partial charge in [0.05, 0.1) is 0 Å². The van der Waals surface area contributed by atoms with Crippen LogP contribution in [0.4, 0.5) is 0 Å². The van der Waals surface area contributed by atoms with Crippen LogP contribution in [0.3, 0.4) is 0 Å². The highest BCUT2D eigenvalue weighted by atomic mass is 79.9. The number of halogens is 1. The van der Waals surface area contributed by atoms with Gasteiger partial charge in [-0.2, -0.15) is 0 Å². The average molecular weight is 354 g/mol. The van der Waals surface area contributed by atoms with Gasteiger partial charge in [0.25, 0.3) is 0 Å². The zero-order chi connectivity index (χ0) is 14.4. The summed E-state index contributed by atoms with van der Waals surface area (Å²) >= 11 is 5.40. The molecular formula is C16H20BrNOS. The smallest absolute Gasteiger partial charge is 0.122 e. The number of aryl methyl sites for hydroxylation is 1. The number of rotatable bonds is 7. The zero-order valence-electron chi connectivity index (χ0n) is 11.9. The Labute approximate surface area is 133 Å². The van der Waals surface area contributed by atoms with Gasteiger partial charge in [-0.25, -0.2) is 0 Å². The van der Waals surface area contributed by atoms with Crippen LogP contribution in [0.2, 0.25) is 0 Å². The lowest BCUT2D eigenvalue weighted by Gasteiger charge is -2.09. The Morgan fingerprint density at radius 1 is 1.15 bits per heavy atom. The standard InChI is InChI=1S/C16H20BrNOS/c1-3-14-6-7-15(20-14)11-19-13-5-8-16(17)12(9-13)10-18-4-2/h5-9,18H,3-4,10-11H2,1-2H3. The van der Waals surface area contributed by atoms with E-state index in [9.17, 15) is 0 Å². The van der Waals surface area contributed by atoms with E-state index in [-0.39, 0.29) is 0 Å². The Morgan fingerprint density at radius 2 is 1.95 bits per heavy atom. The van der Waals surface area contributed by atoms with Crippen LogP contribution in [0, 0.1) is 0 Å². The van der Waals surface area contributed by atoms with E-state index < -0.39 is 0 Å². The second-order valence-corrected chi connectivity index (χ2v) is 6.65. The Hall–Kier alpha value is -0.840. The first kappa shape index (κ1) is 15.5. The molecule has 20 heavy (non-hydrogen) atoms. The third-order valence-electron chi connectivity index (χ3n) is 3.03. The third-order valence-corrected chi connectivity index (χ3v) is 5.01. The van der Waals surface area contributed by atoms with Crippen LogP contribution in [-0.2, 0) is 19.6 Å². The lowest BCUT2D eigenvalue weighted by molar-refractivity contribution is 0.309. The fraction of sp³-hybridized carbons (Fsp3) is 0.375. The van der Waals surface area contributed by atoms with Crippen molar-refractivity contribution in [3.8, 4) is 5.75 Å². The molecule has 1 aromatic carbocycles. The van der Waals surface area contributed by atoms with E-state index >= 15 is 0 Å². The van der Waals surface area contributed by atoms with Crippen molar-refractivity contribution < 1.29 is 4.74 Å². The van der Waals surface area contributed by atoms with Gasteiger partial charge in [-0.1, -0.05) is 29.8 Å². The summed E-state index contributed by atoms with van der Waals surface area (Å²) in [6, 6.07) is 10.5. The summed E-state index contributed by atoms with van der Waals surface area (Å²) in [6.07, 6.45) is 1.09. The molecule has 2 nitrogen and oxygen atoms in total. The first-order chi connectivity index (χ1) is 9.72. The van der Waals surface area contributed by atoms with E-state index in [1.54, 1.807) is 0 Å². The summed E-state index contributed by atoms with van der Waals surface area (Å²) in [7, 11) is 0. The summed E-state index contributed by atoms with van der Waals surface area (Å²) in [5.74, 6) is 0.924. The van der Waals surface area contributed by atoms with Crippen molar-refractivity contribution in [1.82, 2.24) is 5.32 Å². The number of nitrogens with one attached hydrogen (secondary N) is 1.